The molecule has 0 aliphatic carbocycles. The molecule has 0 aromatic rings. The van der Waals surface area contributed by atoms with E-state index in [0.29, 0.717) is 13.1 Å². The Hall–Kier alpha value is -0.770. The maximum absolute atomic E-state index is 10.7. The highest BCUT2D eigenvalue weighted by atomic mass is 35.5. The van der Waals surface area contributed by atoms with Gasteiger partial charge in [0.15, 0.2) is 0 Å². The Labute approximate surface area is 63.1 Å². The van der Waals surface area contributed by atoms with E-state index in [2.05, 4.69) is 5.32 Å². The van der Waals surface area contributed by atoms with Gasteiger partial charge < -0.3 is 5.32 Å². The number of hydrogen-bond acceptors (Lipinski definition) is 2. The standard InChI is InChI=1S/C5H7ClN2O2/c6-4(9)8-3-1-2-7-5(8)10/h1-3H2,(H,7,10). The molecule has 1 rings (SSSR count). The molecule has 0 bridgehead atoms. The van der Waals surface area contributed by atoms with Crippen LogP contribution in [0.3, 0.4) is 0 Å². The van der Waals surface area contributed by atoms with E-state index in [1.54, 1.807) is 0 Å². The van der Waals surface area contributed by atoms with Crippen LogP contribution in [0.2, 0.25) is 0 Å². The number of urea groups is 1. The number of nitrogens with one attached hydrogen (secondary N) is 1. The minimum atomic E-state index is -0.711. The zero-order valence-corrected chi connectivity index (χ0v) is 6.02. The normalized spacial score (nSPS) is 18.5. The molecular weight excluding hydrogens is 156 g/mol. The van der Waals surface area contributed by atoms with Gasteiger partial charge in [0.1, 0.15) is 0 Å². The van der Waals surface area contributed by atoms with Gasteiger partial charge in [0, 0.05) is 13.1 Å². The third-order valence-electron chi connectivity index (χ3n) is 1.29. The second-order valence-corrected chi connectivity index (χ2v) is 2.31. The largest absolute Gasteiger partial charge is 0.338 e. The molecule has 56 valence electrons. The molecule has 4 nitrogen and oxygen atoms in total. The number of nitrogens with zero attached hydrogens (tertiary/aromatic N) is 1. The van der Waals surface area contributed by atoms with Crippen molar-refractivity contribution in [3.63, 3.8) is 0 Å². The Morgan fingerprint density at radius 1 is 1.70 bits per heavy atom. The predicted octanol–water partition coefficient (Wildman–Crippen LogP) is 0.760. The molecule has 3 amide bonds. The first-order valence-electron chi connectivity index (χ1n) is 2.96. The smallest absolute Gasteiger partial charge is 0.325 e. The first-order chi connectivity index (χ1) is 4.72. The second-order valence-electron chi connectivity index (χ2n) is 1.99. The maximum Gasteiger partial charge on any atom is 0.325 e. The molecule has 1 N–H and O–H groups in total. The number of carbonyl (C=O) groups is 2. The van der Waals surface area contributed by atoms with Gasteiger partial charge in [-0.25, -0.2) is 4.79 Å². The van der Waals surface area contributed by atoms with Crippen molar-refractivity contribution in [3.8, 4) is 0 Å². The Balaban J connectivity index is 2.56. The second kappa shape index (κ2) is 2.88. The SMILES string of the molecule is O=C(Cl)N1CCCNC1=O. The average molecular weight is 163 g/mol. The van der Waals surface area contributed by atoms with Crippen molar-refractivity contribution in [1.82, 2.24) is 10.2 Å². The molecule has 0 aromatic carbocycles. The molecule has 1 aliphatic heterocycles. The lowest BCUT2D eigenvalue weighted by Crippen LogP contribution is -2.47. The van der Waals surface area contributed by atoms with Crippen LogP contribution in [0.4, 0.5) is 9.59 Å². The van der Waals surface area contributed by atoms with E-state index in [1.807, 2.05) is 0 Å². The van der Waals surface area contributed by atoms with Crippen molar-refractivity contribution in [3.05, 3.63) is 0 Å². The third-order valence-corrected chi connectivity index (χ3v) is 1.50. The topological polar surface area (TPSA) is 49.4 Å². The van der Waals surface area contributed by atoms with Gasteiger partial charge >= 0.3 is 11.4 Å². The zero-order chi connectivity index (χ0) is 7.56. The quantitative estimate of drug-likeness (QED) is 0.422. The Bertz CT molecular complexity index is 171. The van der Waals surface area contributed by atoms with Crippen LogP contribution in [0.15, 0.2) is 0 Å². The maximum atomic E-state index is 10.7. The van der Waals surface area contributed by atoms with Crippen molar-refractivity contribution in [2.75, 3.05) is 13.1 Å². The Morgan fingerprint density at radius 2 is 2.40 bits per heavy atom. The van der Waals surface area contributed by atoms with E-state index in [1.165, 1.54) is 0 Å². The highest BCUT2D eigenvalue weighted by Gasteiger charge is 2.21. The fourth-order valence-electron chi connectivity index (χ4n) is 0.797. The summed E-state index contributed by atoms with van der Waals surface area (Å²) in [5.41, 5.74) is 0. The summed E-state index contributed by atoms with van der Waals surface area (Å²) in [6, 6.07) is -0.397. The van der Waals surface area contributed by atoms with Crippen LogP contribution in [0, 0.1) is 0 Å². The van der Waals surface area contributed by atoms with E-state index in [9.17, 15) is 9.59 Å². The molecule has 1 saturated heterocycles. The molecule has 5 heteroatoms. The van der Waals surface area contributed by atoms with Crippen molar-refractivity contribution >= 4 is 23.0 Å². The Morgan fingerprint density at radius 3 is 2.80 bits per heavy atom. The van der Waals surface area contributed by atoms with Crippen LogP contribution in [0.5, 0.6) is 0 Å². The van der Waals surface area contributed by atoms with Gasteiger partial charge in [-0.1, -0.05) is 0 Å². The van der Waals surface area contributed by atoms with Gasteiger partial charge in [0.2, 0.25) is 0 Å². The van der Waals surface area contributed by atoms with E-state index in [4.69, 9.17) is 11.6 Å². The molecule has 10 heavy (non-hydrogen) atoms. The molecule has 1 fully saturated rings. The van der Waals surface area contributed by atoms with Crippen LogP contribution in [-0.2, 0) is 0 Å². The fraction of sp³-hybridized carbons (Fsp3) is 0.600. The third kappa shape index (κ3) is 1.39. The summed E-state index contributed by atoms with van der Waals surface area (Å²) in [7, 11) is 0. The van der Waals surface area contributed by atoms with Gasteiger partial charge in [0.05, 0.1) is 0 Å². The van der Waals surface area contributed by atoms with Crippen LogP contribution in [-0.4, -0.2) is 29.4 Å². The number of carbonyl (C=O) groups excluding carboxylic acids is 2. The molecule has 0 spiro atoms. The summed E-state index contributed by atoms with van der Waals surface area (Å²) in [4.78, 5) is 22.2. The summed E-state index contributed by atoms with van der Waals surface area (Å²) in [5.74, 6) is 0. The average Bonchev–Trinajstić information content (AvgIpc) is 1.88. The number of halogens is 1. The van der Waals surface area contributed by atoms with Crippen LogP contribution in [0.1, 0.15) is 6.42 Å². The molecule has 1 heterocycles. The van der Waals surface area contributed by atoms with E-state index in [-0.39, 0.29) is 0 Å². The van der Waals surface area contributed by atoms with Gasteiger partial charge in [-0.2, -0.15) is 0 Å². The van der Waals surface area contributed by atoms with Crippen molar-refractivity contribution in [2.24, 2.45) is 0 Å². The monoisotopic (exact) mass is 162 g/mol. The highest BCUT2D eigenvalue weighted by Crippen LogP contribution is 2.02. The molecule has 0 atom stereocenters. The predicted molar refractivity (Wildman–Crippen MR) is 36.0 cm³/mol. The van der Waals surface area contributed by atoms with Crippen molar-refractivity contribution in [2.45, 2.75) is 6.42 Å². The molecule has 0 aromatic heterocycles. The molecule has 0 unspecified atom stereocenters. The molecule has 1 aliphatic rings. The zero-order valence-electron chi connectivity index (χ0n) is 5.26. The number of rotatable bonds is 0. The summed E-state index contributed by atoms with van der Waals surface area (Å²) in [6.07, 6.45) is 0.768. The first-order valence-corrected chi connectivity index (χ1v) is 3.34. The van der Waals surface area contributed by atoms with Gasteiger partial charge in [-0.05, 0) is 18.0 Å². The van der Waals surface area contributed by atoms with E-state index < -0.39 is 11.4 Å². The number of imide groups is 1. The summed E-state index contributed by atoms with van der Waals surface area (Å²) in [6.45, 7) is 1.05. The minimum Gasteiger partial charge on any atom is -0.338 e. The molecule has 0 saturated carbocycles. The molecule has 0 radical (unpaired) electrons. The number of hydrogen-bond donors (Lipinski definition) is 1. The van der Waals surface area contributed by atoms with Crippen LogP contribution >= 0.6 is 11.6 Å². The lowest BCUT2D eigenvalue weighted by atomic mass is 10.3. The number of amides is 3. The van der Waals surface area contributed by atoms with Crippen molar-refractivity contribution < 1.29 is 9.59 Å². The van der Waals surface area contributed by atoms with E-state index in [0.717, 1.165) is 11.3 Å². The molecular formula is C5H7ClN2O2. The summed E-state index contributed by atoms with van der Waals surface area (Å²) >= 11 is 5.08. The lowest BCUT2D eigenvalue weighted by Gasteiger charge is -2.22. The first kappa shape index (κ1) is 7.34. The summed E-state index contributed by atoms with van der Waals surface area (Å²) in [5, 5.41) is 1.78. The summed E-state index contributed by atoms with van der Waals surface area (Å²) < 4.78 is 0. The fourth-order valence-corrected chi connectivity index (χ4v) is 0.958. The van der Waals surface area contributed by atoms with Gasteiger partial charge in [-0.15, -0.1) is 0 Å². The Kier molecular flexibility index (Phi) is 2.11. The van der Waals surface area contributed by atoms with Crippen molar-refractivity contribution in [1.29, 1.82) is 0 Å². The minimum absolute atomic E-state index is 0.397. The van der Waals surface area contributed by atoms with Crippen LogP contribution in [0.25, 0.3) is 0 Å². The highest BCUT2D eigenvalue weighted by molar-refractivity contribution is 6.64. The van der Waals surface area contributed by atoms with Crippen LogP contribution < -0.4 is 5.32 Å². The van der Waals surface area contributed by atoms with E-state index >= 15 is 0 Å². The lowest BCUT2D eigenvalue weighted by molar-refractivity contribution is 0.190. The van der Waals surface area contributed by atoms with Gasteiger partial charge in [0.25, 0.3) is 0 Å². The van der Waals surface area contributed by atoms with Gasteiger partial charge in [-0.3, -0.25) is 9.69 Å².